The summed E-state index contributed by atoms with van der Waals surface area (Å²) in [6.45, 7) is 11.3. The Morgan fingerprint density at radius 3 is 2.64 bits per heavy atom. The quantitative estimate of drug-likeness (QED) is 0.754. The van der Waals surface area contributed by atoms with Gasteiger partial charge in [-0.3, -0.25) is 0 Å². The van der Waals surface area contributed by atoms with Gasteiger partial charge in [0.15, 0.2) is 0 Å². The predicted molar refractivity (Wildman–Crippen MR) is 96.2 cm³/mol. The van der Waals surface area contributed by atoms with Crippen LogP contribution in [0.15, 0.2) is 0 Å². The van der Waals surface area contributed by atoms with Crippen molar-refractivity contribution < 1.29 is 0 Å². The van der Waals surface area contributed by atoms with Gasteiger partial charge in [-0.15, -0.1) is 11.3 Å². The molecule has 1 aliphatic carbocycles. The van der Waals surface area contributed by atoms with Gasteiger partial charge >= 0.3 is 0 Å². The number of thiophene rings is 1. The maximum absolute atomic E-state index is 6.12. The van der Waals surface area contributed by atoms with Crippen molar-refractivity contribution >= 4 is 39.0 Å². The second-order valence-electron chi connectivity index (χ2n) is 7.63. The lowest BCUT2D eigenvalue weighted by molar-refractivity contribution is 0.218. The zero-order valence-electron chi connectivity index (χ0n) is 14.0. The molecule has 1 aliphatic rings. The third kappa shape index (κ3) is 2.95. The van der Waals surface area contributed by atoms with E-state index in [1.807, 2.05) is 0 Å². The highest BCUT2D eigenvalue weighted by atomic mass is 35.5. The maximum atomic E-state index is 6.12. The second-order valence-corrected chi connectivity index (χ2v) is 9.05. The molecule has 0 bridgehead atoms. The first-order valence-electron chi connectivity index (χ1n) is 8.00. The number of anilines is 1. The van der Waals surface area contributed by atoms with Crippen LogP contribution in [0.1, 0.15) is 51.5 Å². The number of hydrogen-bond acceptors (Lipinski definition) is 4. The molecular weight excluding hydrogens is 314 g/mol. The molecule has 0 fully saturated rings. The van der Waals surface area contributed by atoms with Crippen LogP contribution in [0.5, 0.6) is 0 Å². The molecule has 0 aliphatic heterocycles. The number of nitrogens with zero attached hydrogens (tertiary/aromatic N) is 2. The van der Waals surface area contributed by atoms with Crippen LogP contribution in [0.25, 0.3) is 10.2 Å². The Bertz CT molecular complexity index is 700. The van der Waals surface area contributed by atoms with Gasteiger partial charge in [-0.1, -0.05) is 20.8 Å². The molecule has 3 rings (SSSR count). The van der Waals surface area contributed by atoms with Gasteiger partial charge in [-0.2, -0.15) is 0 Å². The molecule has 0 saturated carbocycles. The van der Waals surface area contributed by atoms with E-state index in [2.05, 4.69) is 49.9 Å². The van der Waals surface area contributed by atoms with Crippen molar-refractivity contribution in [2.45, 2.75) is 59.9 Å². The smallest absolute Gasteiger partial charge is 0.225 e. The lowest BCUT2D eigenvalue weighted by Crippen LogP contribution is -2.26. The SMILES string of the molecule is CC(C)Nc1nc(Cl)nc2sc3c(c12)CCC(C(C)(C)C)C3. The zero-order valence-corrected chi connectivity index (χ0v) is 15.5. The monoisotopic (exact) mass is 337 g/mol. The number of halogens is 1. The Hall–Kier alpha value is -0.870. The minimum atomic E-state index is 0.329. The van der Waals surface area contributed by atoms with Gasteiger partial charge in [-0.25, -0.2) is 9.97 Å². The van der Waals surface area contributed by atoms with Gasteiger partial charge < -0.3 is 5.32 Å². The van der Waals surface area contributed by atoms with Gasteiger partial charge in [-0.05, 0) is 61.6 Å². The van der Waals surface area contributed by atoms with E-state index in [0.29, 0.717) is 16.7 Å². The average Bonchev–Trinajstić information content (AvgIpc) is 2.73. The summed E-state index contributed by atoms with van der Waals surface area (Å²) in [6, 6.07) is 0.329. The number of nitrogens with one attached hydrogen (secondary N) is 1. The van der Waals surface area contributed by atoms with Crippen LogP contribution < -0.4 is 5.32 Å². The largest absolute Gasteiger partial charge is 0.367 e. The fraction of sp³-hybridized carbons (Fsp3) is 0.647. The Balaban J connectivity index is 2.09. The van der Waals surface area contributed by atoms with Crippen LogP contribution in [0.2, 0.25) is 5.28 Å². The van der Waals surface area contributed by atoms with Gasteiger partial charge in [0, 0.05) is 10.9 Å². The Kier molecular flexibility index (Phi) is 4.11. The molecule has 0 spiro atoms. The Labute approximate surface area is 141 Å². The first kappa shape index (κ1) is 16.0. The summed E-state index contributed by atoms with van der Waals surface area (Å²) in [5.74, 6) is 1.63. The molecule has 2 aromatic rings. The van der Waals surface area contributed by atoms with E-state index < -0.39 is 0 Å². The van der Waals surface area contributed by atoms with Crippen molar-refractivity contribution in [3.63, 3.8) is 0 Å². The highest BCUT2D eigenvalue weighted by Crippen LogP contribution is 2.44. The van der Waals surface area contributed by atoms with Crippen molar-refractivity contribution in [3.8, 4) is 0 Å². The molecule has 2 heterocycles. The molecule has 0 radical (unpaired) electrons. The van der Waals surface area contributed by atoms with E-state index in [-0.39, 0.29) is 0 Å². The van der Waals surface area contributed by atoms with E-state index in [1.165, 1.54) is 22.2 Å². The predicted octanol–water partition coefficient (Wildman–Crippen LogP) is 5.32. The Morgan fingerprint density at radius 1 is 1.27 bits per heavy atom. The standard InChI is InChI=1S/C17H24ClN3S/c1-9(2)19-14-13-11-7-6-10(17(3,4)5)8-12(11)22-15(13)21-16(18)20-14/h9-10H,6-8H2,1-5H3,(H,19,20,21). The van der Waals surface area contributed by atoms with E-state index in [9.17, 15) is 0 Å². The number of hydrogen-bond donors (Lipinski definition) is 1. The summed E-state index contributed by atoms with van der Waals surface area (Å²) in [5.41, 5.74) is 1.80. The van der Waals surface area contributed by atoms with Crippen molar-refractivity contribution in [2.75, 3.05) is 5.32 Å². The van der Waals surface area contributed by atoms with Crippen LogP contribution in [0.3, 0.4) is 0 Å². The third-order valence-corrected chi connectivity index (χ3v) is 5.85. The molecule has 0 aromatic carbocycles. The van der Waals surface area contributed by atoms with E-state index >= 15 is 0 Å². The summed E-state index contributed by atoms with van der Waals surface area (Å²) >= 11 is 7.92. The molecular formula is C17H24ClN3S. The molecule has 0 amide bonds. The van der Waals surface area contributed by atoms with Crippen molar-refractivity contribution in [1.82, 2.24) is 9.97 Å². The fourth-order valence-corrected chi connectivity index (χ4v) is 4.79. The van der Waals surface area contributed by atoms with Gasteiger partial charge in [0.1, 0.15) is 10.6 Å². The highest BCUT2D eigenvalue weighted by Gasteiger charge is 2.31. The second kappa shape index (κ2) is 5.64. The number of aromatic nitrogens is 2. The summed E-state index contributed by atoms with van der Waals surface area (Å²) in [5, 5.41) is 4.97. The zero-order chi connectivity index (χ0) is 16.1. The number of fused-ring (bicyclic) bond motifs is 3. The summed E-state index contributed by atoms with van der Waals surface area (Å²) in [4.78, 5) is 11.4. The molecule has 22 heavy (non-hydrogen) atoms. The van der Waals surface area contributed by atoms with Crippen LogP contribution in [-0.4, -0.2) is 16.0 Å². The maximum Gasteiger partial charge on any atom is 0.225 e. The molecule has 1 atom stereocenters. The summed E-state index contributed by atoms with van der Waals surface area (Å²) < 4.78 is 0. The van der Waals surface area contributed by atoms with Gasteiger partial charge in [0.25, 0.3) is 0 Å². The minimum absolute atomic E-state index is 0.329. The van der Waals surface area contributed by atoms with Gasteiger partial charge in [0.05, 0.1) is 5.39 Å². The number of aryl methyl sites for hydroxylation is 1. The van der Waals surface area contributed by atoms with E-state index in [1.54, 1.807) is 11.3 Å². The van der Waals surface area contributed by atoms with Crippen molar-refractivity contribution in [2.24, 2.45) is 11.3 Å². The average molecular weight is 338 g/mol. The summed E-state index contributed by atoms with van der Waals surface area (Å²) in [7, 11) is 0. The van der Waals surface area contributed by atoms with Gasteiger partial charge in [0.2, 0.25) is 5.28 Å². The molecule has 120 valence electrons. The van der Waals surface area contributed by atoms with Crippen LogP contribution in [0.4, 0.5) is 5.82 Å². The molecule has 0 saturated heterocycles. The van der Waals surface area contributed by atoms with Crippen molar-refractivity contribution in [1.29, 1.82) is 0 Å². The topological polar surface area (TPSA) is 37.8 Å². The molecule has 5 heteroatoms. The normalized spacial score (nSPS) is 18.8. The van der Waals surface area contributed by atoms with Crippen LogP contribution in [-0.2, 0) is 12.8 Å². The molecule has 1 N–H and O–H groups in total. The highest BCUT2D eigenvalue weighted by molar-refractivity contribution is 7.19. The first-order chi connectivity index (χ1) is 10.3. The van der Waals surface area contributed by atoms with E-state index in [4.69, 9.17) is 11.6 Å². The molecule has 3 nitrogen and oxygen atoms in total. The van der Waals surface area contributed by atoms with Crippen LogP contribution in [0, 0.1) is 11.3 Å². The molecule has 2 aromatic heterocycles. The number of rotatable bonds is 2. The fourth-order valence-electron chi connectivity index (χ4n) is 3.27. The summed E-state index contributed by atoms with van der Waals surface area (Å²) in [6.07, 6.45) is 3.51. The lowest BCUT2D eigenvalue weighted by Gasteiger charge is -2.33. The lowest BCUT2D eigenvalue weighted by atomic mass is 9.72. The first-order valence-corrected chi connectivity index (χ1v) is 9.19. The van der Waals surface area contributed by atoms with Crippen molar-refractivity contribution in [3.05, 3.63) is 15.7 Å². The van der Waals surface area contributed by atoms with Crippen LogP contribution >= 0.6 is 22.9 Å². The Morgan fingerprint density at radius 2 is 2.00 bits per heavy atom. The third-order valence-electron chi connectivity index (χ3n) is 4.53. The molecule has 1 unspecified atom stereocenters. The minimum Gasteiger partial charge on any atom is -0.367 e. The van der Waals surface area contributed by atoms with E-state index in [0.717, 1.165) is 29.4 Å².